The molecule has 1 N–H and O–H groups in total. The van der Waals surface area contributed by atoms with E-state index in [1.165, 1.54) is 0 Å². The quantitative estimate of drug-likeness (QED) is 0.865. The number of hydrogen-bond donors (Lipinski definition) is 1. The number of nitrogens with one attached hydrogen (secondary N) is 1. The highest BCUT2D eigenvalue weighted by Gasteiger charge is 2.27. The molecule has 2 amide bonds. The number of carbonyl (C=O) groups is 2. The molecule has 3 heterocycles. The van der Waals surface area contributed by atoms with Gasteiger partial charge in [-0.1, -0.05) is 0 Å². The largest absolute Gasteiger partial charge is 0.366 e. The lowest BCUT2D eigenvalue weighted by atomic mass is 10.0. The van der Waals surface area contributed by atoms with Gasteiger partial charge in [-0.15, -0.1) is 16.9 Å². The topological polar surface area (TPSA) is 78.4 Å². The number of aromatic nitrogens is 2. The highest BCUT2D eigenvalue weighted by atomic mass is 32.2. The van der Waals surface area contributed by atoms with Crippen molar-refractivity contribution in [3.05, 3.63) is 18.3 Å². The van der Waals surface area contributed by atoms with Crippen LogP contribution in [0.4, 0.5) is 5.82 Å². The Morgan fingerprint density at radius 3 is 2.86 bits per heavy atom. The van der Waals surface area contributed by atoms with Crippen molar-refractivity contribution in [1.82, 2.24) is 20.0 Å². The average Bonchev–Trinajstić information content (AvgIpc) is 2.94. The minimum absolute atomic E-state index is 0.0498. The van der Waals surface area contributed by atoms with E-state index in [1.807, 2.05) is 17.0 Å². The number of likely N-dealkylation sites (tertiary alicyclic amines) is 1. The van der Waals surface area contributed by atoms with Gasteiger partial charge in [0, 0.05) is 25.3 Å². The van der Waals surface area contributed by atoms with Gasteiger partial charge in [0.15, 0.2) is 0 Å². The van der Waals surface area contributed by atoms with Crippen LogP contribution in [-0.2, 0) is 9.59 Å². The zero-order valence-electron chi connectivity index (χ0n) is 12.3. The van der Waals surface area contributed by atoms with Crippen molar-refractivity contribution in [2.45, 2.75) is 18.9 Å². The first-order chi connectivity index (χ1) is 10.7. The van der Waals surface area contributed by atoms with Gasteiger partial charge in [0.25, 0.3) is 0 Å². The van der Waals surface area contributed by atoms with E-state index < -0.39 is 0 Å². The summed E-state index contributed by atoms with van der Waals surface area (Å²) >= 11 is 1.56. The number of anilines is 1. The summed E-state index contributed by atoms with van der Waals surface area (Å²) in [6.45, 7) is 1.64. The molecule has 8 heteroatoms. The zero-order chi connectivity index (χ0) is 15.4. The number of thioether (sulfide) groups is 1. The summed E-state index contributed by atoms with van der Waals surface area (Å²) in [5, 5.41) is 11.2. The van der Waals surface area contributed by atoms with Crippen molar-refractivity contribution >= 4 is 29.4 Å². The highest BCUT2D eigenvalue weighted by molar-refractivity contribution is 8.00. The van der Waals surface area contributed by atoms with Crippen LogP contribution in [0.15, 0.2) is 18.3 Å². The molecule has 2 aliphatic heterocycles. The highest BCUT2D eigenvalue weighted by Crippen LogP contribution is 2.17. The third kappa shape index (κ3) is 3.68. The number of piperidine rings is 1. The van der Waals surface area contributed by atoms with Gasteiger partial charge in [-0.05, 0) is 25.0 Å². The Labute approximate surface area is 133 Å². The molecule has 2 fully saturated rings. The van der Waals surface area contributed by atoms with Crippen molar-refractivity contribution in [2.24, 2.45) is 0 Å². The van der Waals surface area contributed by atoms with E-state index in [-0.39, 0.29) is 18.4 Å². The predicted octanol–water partition coefficient (Wildman–Crippen LogP) is 0.412. The first-order valence-electron chi connectivity index (χ1n) is 7.40. The minimum atomic E-state index is 0.0498. The summed E-state index contributed by atoms with van der Waals surface area (Å²) in [5.74, 6) is 2.02. The van der Waals surface area contributed by atoms with Crippen LogP contribution in [0.25, 0.3) is 0 Å². The second kappa shape index (κ2) is 6.95. The second-order valence-corrected chi connectivity index (χ2v) is 6.43. The van der Waals surface area contributed by atoms with Gasteiger partial charge in [0.2, 0.25) is 11.8 Å². The van der Waals surface area contributed by atoms with Crippen molar-refractivity contribution < 1.29 is 9.59 Å². The van der Waals surface area contributed by atoms with E-state index in [0.717, 1.165) is 18.7 Å². The number of amides is 2. The van der Waals surface area contributed by atoms with Crippen molar-refractivity contribution in [2.75, 3.05) is 36.6 Å². The molecule has 0 aliphatic carbocycles. The Morgan fingerprint density at radius 2 is 2.23 bits per heavy atom. The lowest BCUT2D eigenvalue weighted by Gasteiger charge is -2.33. The smallest absolute Gasteiger partial charge is 0.242 e. The summed E-state index contributed by atoms with van der Waals surface area (Å²) in [4.78, 5) is 27.3. The molecule has 22 heavy (non-hydrogen) atoms. The van der Waals surface area contributed by atoms with Gasteiger partial charge in [-0.3, -0.25) is 9.59 Å². The summed E-state index contributed by atoms with van der Waals surface area (Å²) in [7, 11) is 0. The van der Waals surface area contributed by atoms with E-state index in [9.17, 15) is 9.59 Å². The van der Waals surface area contributed by atoms with E-state index in [4.69, 9.17) is 0 Å². The monoisotopic (exact) mass is 321 g/mol. The fourth-order valence-corrected chi connectivity index (χ4v) is 3.57. The van der Waals surface area contributed by atoms with Gasteiger partial charge in [-0.2, -0.15) is 5.10 Å². The van der Waals surface area contributed by atoms with Crippen LogP contribution in [0.5, 0.6) is 0 Å². The first kappa shape index (κ1) is 15.1. The van der Waals surface area contributed by atoms with Crippen LogP contribution >= 0.6 is 11.8 Å². The maximum absolute atomic E-state index is 12.2. The fourth-order valence-electron chi connectivity index (χ4n) is 2.66. The number of rotatable bonds is 4. The molecule has 1 aromatic heterocycles. The Hall–Kier alpha value is -1.83. The Bertz CT molecular complexity index is 533. The Balaban J connectivity index is 1.45. The molecule has 7 nitrogen and oxygen atoms in total. The van der Waals surface area contributed by atoms with Gasteiger partial charge in [0.05, 0.1) is 11.6 Å². The molecule has 1 aromatic rings. The SMILES string of the molecule is O=C(CN1CSCC1=O)N1CCC(Nc2cccnn2)CC1. The molecule has 0 spiro atoms. The number of nitrogens with zero attached hydrogens (tertiary/aromatic N) is 4. The van der Waals surface area contributed by atoms with Crippen molar-refractivity contribution in [3.8, 4) is 0 Å². The molecular weight excluding hydrogens is 302 g/mol. The van der Waals surface area contributed by atoms with E-state index in [2.05, 4.69) is 15.5 Å². The molecule has 118 valence electrons. The summed E-state index contributed by atoms with van der Waals surface area (Å²) in [5.41, 5.74) is 0. The standard InChI is InChI=1S/C14H19N5O2S/c20-13(8-19-10-22-9-14(19)21)18-6-3-11(4-7-18)16-12-2-1-5-15-17-12/h1-2,5,11H,3-4,6-10H2,(H,16,17). The van der Waals surface area contributed by atoms with Crippen LogP contribution in [0.2, 0.25) is 0 Å². The summed E-state index contributed by atoms with van der Waals surface area (Å²) in [6, 6.07) is 4.05. The van der Waals surface area contributed by atoms with Crippen LogP contribution in [0.1, 0.15) is 12.8 Å². The maximum atomic E-state index is 12.2. The summed E-state index contributed by atoms with van der Waals surface area (Å²) < 4.78 is 0. The molecule has 0 atom stereocenters. The van der Waals surface area contributed by atoms with Crippen LogP contribution in [-0.4, -0.2) is 69.1 Å². The van der Waals surface area contributed by atoms with Crippen molar-refractivity contribution in [3.63, 3.8) is 0 Å². The predicted molar refractivity (Wildman–Crippen MR) is 84.3 cm³/mol. The Morgan fingerprint density at radius 1 is 1.41 bits per heavy atom. The average molecular weight is 321 g/mol. The van der Waals surface area contributed by atoms with Gasteiger partial charge < -0.3 is 15.1 Å². The van der Waals surface area contributed by atoms with Crippen LogP contribution in [0.3, 0.4) is 0 Å². The molecule has 0 radical (unpaired) electrons. The normalized spacial score (nSPS) is 19.5. The van der Waals surface area contributed by atoms with E-state index >= 15 is 0 Å². The summed E-state index contributed by atoms with van der Waals surface area (Å²) in [6.07, 6.45) is 3.40. The molecule has 2 saturated heterocycles. The van der Waals surface area contributed by atoms with Crippen LogP contribution in [0, 0.1) is 0 Å². The number of carbonyl (C=O) groups excluding carboxylic acids is 2. The lowest BCUT2D eigenvalue weighted by Crippen LogP contribution is -2.46. The lowest BCUT2D eigenvalue weighted by molar-refractivity contribution is -0.138. The molecule has 0 saturated carbocycles. The third-order valence-electron chi connectivity index (χ3n) is 3.92. The molecule has 0 aromatic carbocycles. The van der Waals surface area contributed by atoms with Gasteiger partial charge >= 0.3 is 0 Å². The fraction of sp³-hybridized carbons (Fsp3) is 0.571. The molecular formula is C14H19N5O2S. The van der Waals surface area contributed by atoms with E-state index in [0.29, 0.717) is 30.8 Å². The third-order valence-corrected chi connectivity index (χ3v) is 4.87. The second-order valence-electron chi connectivity index (χ2n) is 5.48. The number of hydrogen-bond acceptors (Lipinski definition) is 6. The first-order valence-corrected chi connectivity index (χ1v) is 8.55. The zero-order valence-corrected chi connectivity index (χ0v) is 13.1. The molecule has 0 unspecified atom stereocenters. The Kier molecular flexibility index (Phi) is 4.77. The minimum Gasteiger partial charge on any atom is -0.366 e. The maximum Gasteiger partial charge on any atom is 0.242 e. The van der Waals surface area contributed by atoms with Crippen LogP contribution < -0.4 is 5.32 Å². The molecule has 2 aliphatic rings. The van der Waals surface area contributed by atoms with Crippen molar-refractivity contribution in [1.29, 1.82) is 0 Å². The van der Waals surface area contributed by atoms with Gasteiger partial charge in [-0.25, -0.2) is 0 Å². The van der Waals surface area contributed by atoms with Gasteiger partial charge in [0.1, 0.15) is 12.4 Å². The molecule has 0 bridgehead atoms. The van der Waals surface area contributed by atoms with E-state index in [1.54, 1.807) is 22.9 Å². The molecule has 3 rings (SSSR count).